The van der Waals surface area contributed by atoms with Crippen molar-refractivity contribution in [2.24, 2.45) is 0 Å². The van der Waals surface area contributed by atoms with Gasteiger partial charge in [-0.2, -0.15) is 0 Å². The number of piperazine rings is 1. The summed E-state index contributed by atoms with van der Waals surface area (Å²) in [5, 5.41) is 1.99. The molecule has 7 heteroatoms. The number of likely N-dealkylation sites (tertiary alicyclic amines) is 1. The summed E-state index contributed by atoms with van der Waals surface area (Å²) in [5.74, 6) is 0.913. The second-order valence-electron chi connectivity index (χ2n) is 7.91. The number of fused-ring (bicyclic) bond motifs is 2. The van der Waals surface area contributed by atoms with Crippen LogP contribution in [0, 0.1) is 13.8 Å². The van der Waals surface area contributed by atoms with Crippen LogP contribution >= 0.6 is 11.5 Å². The summed E-state index contributed by atoms with van der Waals surface area (Å²) in [6.45, 7) is 5.44. The SMILES string of the molecule is Cc1cc(C)nc(N2C3CCC2CN(C(=O)c2ccccc2-c2cnsc2)C3)n1. The smallest absolute Gasteiger partial charge is 0.254 e. The molecule has 6 nitrogen and oxygen atoms in total. The maximum atomic E-state index is 13.4. The summed E-state index contributed by atoms with van der Waals surface area (Å²) < 4.78 is 4.20. The van der Waals surface area contributed by atoms with Gasteiger partial charge < -0.3 is 9.80 Å². The van der Waals surface area contributed by atoms with Gasteiger partial charge in [0.2, 0.25) is 5.95 Å². The molecular formula is C22H23N5OS. The monoisotopic (exact) mass is 405 g/mol. The fourth-order valence-electron chi connectivity index (χ4n) is 4.65. The quantitative estimate of drug-likeness (QED) is 0.665. The van der Waals surface area contributed by atoms with E-state index in [9.17, 15) is 4.79 Å². The van der Waals surface area contributed by atoms with Crippen molar-refractivity contribution in [3.8, 4) is 11.1 Å². The van der Waals surface area contributed by atoms with Gasteiger partial charge in [-0.15, -0.1) is 0 Å². The van der Waals surface area contributed by atoms with E-state index in [1.807, 2.05) is 60.7 Å². The molecule has 0 saturated carbocycles. The molecule has 0 radical (unpaired) electrons. The molecule has 2 saturated heterocycles. The maximum Gasteiger partial charge on any atom is 0.254 e. The minimum atomic E-state index is 0.102. The Kier molecular flexibility index (Phi) is 4.54. The van der Waals surface area contributed by atoms with Crippen molar-refractivity contribution < 1.29 is 4.79 Å². The van der Waals surface area contributed by atoms with Gasteiger partial charge in [-0.1, -0.05) is 18.2 Å². The van der Waals surface area contributed by atoms with Crippen LogP contribution in [0.25, 0.3) is 11.1 Å². The number of hydrogen-bond donors (Lipinski definition) is 0. The fraction of sp³-hybridized carbons (Fsp3) is 0.364. The molecule has 5 rings (SSSR count). The number of aryl methyl sites for hydroxylation is 2. The molecule has 2 aliphatic rings. The lowest BCUT2D eigenvalue weighted by molar-refractivity contribution is 0.0717. The molecule has 2 bridgehead atoms. The molecule has 0 N–H and O–H groups in total. The third-order valence-electron chi connectivity index (χ3n) is 5.87. The first-order valence-corrected chi connectivity index (χ1v) is 10.8. The first kappa shape index (κ1) is 18.2. The summed E-state index contributed by atoms with van der Waals surface area (Å²) in [5.41, 5.74) is 4.69. The van der Waals surface area contributed by atoms with E-state index in [1.165, 1.54) is 11.5 Å². The first-order valence-electron chi connectivity index (χ1n) is 9.99. The van der Waals surface area contributed by atoms with Gasteiger partial charge in [-0.05, 0) is 55.9 Å². The molecule has 2 fully saturated rings. The maximum absolute atomic E-state index is 13.4. The largest absolute Gasteiger partial charge is 0.334 e. The highest BCUT2D eigenvalue weighted by Crippen LogP contribution is 2.35. The van der Waals surface area contributed by atoms with Crippen LogP contribution in [-0.2, 0) is 0 Å². The Labute approximate surface area is 174 Å². The molecule has 1 aromatic carbocycles. The zero-order valence-electron chi connectivity index (χ0n) is 16.6. The van der Waals surface area contributed by atoms with Crippen molar-refractivity contribution in [2.45, 2.75) is 38.8 Å². The number of rotatable bonds is 3. The number of carbonyl (C=O) groups excluding carboxylic acids is 1. The second kappa shape index (κ2) is 7.22. The molecule has 0 aliphatic carbocycles. The average molecular weight is 406 g/mol. The van der Waals surface area contributed by atoms with Gasteiger partial charge in [0.1, 0.15) is 0 Å². The van der Waals surface area contributed by atoms with Gasteiger partial charge in [0.15, 0.2) is 0 Å². The van der Waals surface area contributed by atoms with Gasteiger partial charge >= 0.3 is 0 Å². The zero-order chi connectivity index (χ0) is 20.0. The second-order valence-corrected chi connectivity index (χ2v) is 8.57. The van der Waals surface area contributed by atoms with Gasteiger partial charge in [0, 0.05) is 59.3 Å². The van der Waals surface area contributed by atoms with E-state index in [4.69, 9.17) is 0 Å². The third kappa shape index (κ3) is 3.29. The van der Waals surface area contributed by atoms with Crippen LogP contribution in [0.4, 0.5) is 5.95 Å². The normalized spacial score (nSPS) is 20.9. The number of nitrogens with zero attached hydrogens (tertiary/aromatic N) is 5. The highest BCUT2D eigenvalue weighted by atomic mass is 32.1. The number of anilines is 1. The van der Waals surface area contributed by atoms with Crippen LogP contribution in [0.1, 0.15) is 34.6 Å². The van der Waals surface area contributed by atoms with Crippen LogP contribution in [0.3, 0.4) is 0 Å². The molecule has 0 spiro atoms. The third-order valence-corrected chi connectivity index (χ3v) is 6.46. The average Bonchev–Trinajstić information content (AvgIpc) is 3.33. The van der Waals surface area contributed by atoms with Crippen LogP contribution in [0.2, 0.25) is 0 Å². The standard InChI is InChI=1S/C22H23N5OS/c1-14-9-15(2)25-22(24-14)27-17-7-8-18(27)12-26(11-17)21(28)20-6-4-3-5-19(20)16-10-23-29-13-16/h3-6,9-10,13,17-18H,7-8,11-12H2,1-2H3. The van der Waals surface area contributed by atoms with E-state index in [2.05, 4.69) is 19.2 Å². The number of aromatic nitrogens is 3. The van der Waals surface area contributed by atoms with E-state index in [0.717, 1.165) is 46.9 Å². The van der Waals surface area contributed by atoms with E-state index in [-0.39, 0.29) is 18.0 Å². The number of hydrogen-bond acceptors (Lipinski definition) is 6. The Morgan fingerprint density at radius 2 is 1.76 bits per heavy atom. The van der Waals surface area contributed by atoms with Crippen molar-refractivity contribution in [1.82, 2.24) is 19.2 Å². The number of amides is 1. The van der Waals surface area contributed by atoms with Crippen molar-refractivity contribution in [2.75, 3.05) is 18.0 Å². The van der Waals surface area contributed by atoms with Gasteiger partial charge in [0.05, 0.1) is 0 Å². The van der Waals surface area contributed by atoms with E-state index in [0.29, 0.717) is 13.1 Å². The summed E-state index contributed by atoms with van der Waals surface area (Å²) in [7, 11) is 0. The molecule has 2 atom stereocenters. The Morgan fingerprint density at radius 3 is 2.41 bits per heavy atom. The summed E-state index contributed by atoms with van der Waals surface area (Å²) in [4.78, 5) is 27.2. The molecule has 3 aromatic rings. The molecule has 148 valence electrons. The van der Waals surface area contributed by atoms with E-state index in [1.54, 1.807) is 0 Å². The molecule has 1 amide bonds. The van der Waals surface area contributed by atoms with Crippen molar-refractivity contribution in [3.05, 3.63) is 58.9 Å². The van der Waals surface area contributed by atoms with Crippen LogP contribution in [-0.4, -0.2) is 50.3 Å². The fourth-order valence-corrected chi connectivity index (χ4v) is 5.18. The number of carbonyl (C=O) groups is 1. The Morgan fingerprint density at radius 1 is 1.07 bits per heavy atom. The highest BCUT2D eigenvalue weighted by Gasteiger charge is 2.43. The van der Waals surface area contributed by atoms with Crippen molar-refractivity contribution in [1.29, 1.82) is 0 Å². The van der Waals surface area contributed by atoms with Gasteiger partial charge in [-0.25, -0.2) is 14.3 Å². The van der Waals surface area contributed by atoms with E-state index >= 15 is 0 Å². The Hall–Kier alpha value is -2.80. The minimum Gasteiger partial charge on any atom is -0.334 e. The van der Waals surface area contributed by atoms with Gasteiger partial charge in [-0.3, -0.25) is 4.79 Å². The van der Waals surface area contributed by atoms with Crippen LogP contribution < -0.4 is 4.90 Å². The lowest BCUT2D eigenvalue weighted by atomic mass is 10.0. The van der Waals surface area contributed by atoms with Crippen molar-refractivity contribution in [3.63, 3.8) is 0 Å². The number of benzene rings is 1. The summed E-state index contributed by atoms with van der Waals surface area (Å²) in [6, 6.07) is 10.4. The molecule has 4 heterocycles. The molecule has 29 heavy (non-hydrogen) atoms. The molecular weight excluding hydrogens is 382 g/mol. The zero-order valence-corrected chi connectivity index (χ0v) is 17.4. The minimum absolute atomic E-state index is 0.102. The molecule has 2 aromatic heterocycles. The van der Waals surface area contributed by atoms with Crippen molar-refractivity contribution >= 4 is 23.4 Å². The van der Waals surface area contributed by atoms with Crippen LogP contribution in [0.15, 0.2) is 41.9 Å². The molecule has 2 aliphatic heterocycles. The Balaban J connectivity index is 1.41. The summed E-state index contributed by atoms with van der Waals surface area (Å²) in [6.07, 6.45) is 3.97. The highest BCUT2D eigenvalue weighted by molar-refractivity contribution is 7.03. The Bertz CT molecular complexity index is 1020. The summed E-state index contributed by atoms with van der Waals surface area (Å²) >= 11 is 1.41. The lowest BCUT2D eigenvalue weighted by Gasteiger charge is -2.41. The predicted octanol–water partition coefficient (Wildman–Crippen LogP) is 3.71. The van der Waals surface area contributed by atoms with Gasteiger partial charge in [0.25, 0.3) is 5.91 Å². The topological polar surface area (TPSA) is 62.2 Å². The lowest BCUT2D eigenvalue weighted by Crippen LogP contribution is -2.56. The first-order chi connectivity index (χ1) is 14.1. The van der Waals surface area contributed by atoms with Crippen LogP contribution in [0.5, 0.6) is 0 Å². The van der Waals surface area contributed by atoms with E-state index < -0.39 is 0 Å². The predicted molar refractivity (Wildman–Crippen MR) is 114 cm³/mol. The molecule has 2 unspecified atom stereocenters.